The van der Waals surface area contributed by atoms with Crippen LogP contribution in [0.25, 0.3) is 0 Å². The second kappa shape index (κ2) is 4.88. The number of aryl methyl sites for hydroxylation is 2. The van der Waals surface area contributed by atoms with E-state index < -0.39 is 0 Å². The minimum absolute atomic E-state index is 0.101. The summed E-state index contributed by atoms with van der Waals surface area (Å²) in [6, 6.07) is 1.93. The van der Waals surface area contributed by atoms with E-state index in [1.54, 1.807) is 6.92 Å². The number of benzene rings is 1. The SMILES string of the molecule is CCc1cc(C)c(CC=O)c([N+](=O)[O-])c1C. The molecule has 0 radical (unpaired) electrons. The molecule has 1 aromatic rings. The number of hydrogen-bond acceptors (Lipinski definition) is 3. The van der Waals surface area contributed by atoms with Gasteiger partial charge in [0.1, 0.15) is 6.29 Å². The highest BCUT2D eigenvalue weighted by Crippen LogP contribution is 2.30. The van der Waals surface area contributed by atoms with Gasteiger partial charge in [0.05, 0.1) is 4.92 Å². The van der Waals surface area contributed by atoms with Crippen LogP contribution >= 0.6 is 0 Å². The Hall–Kier alpha value is -1.71. The zero-order chi connectivity index (χ0) is 12.3. The highest BCUT2D eigenvalue weighted by atomic mass is 16.6. The molecule has 0 amide bonds. The monoisotopic (exact) mass is 221 g/mol. The molecule has 0 spiro atoms. The van der Waals surface area contributed by atoms with Gasteiger partial charge in [-0.2, -0.15) is 0 Å². The van der Waals surface area contributed by atoms with Gasteiger partial charge in [-0.1, -0.05) is 13.0 Å². The van der Waals surface area contributed by atoms with Crippen LogP contribution in [0.3, 0.4) is 0 Å². The summed E-state index contributed by atoms with van der Waals surface area (Å²) >= 11 is 0. The zero-order valence-electron chi connectivity index (χ0n) is 9.74. The Morgan fingerprint density at radius 3 is 2.50 bits per heavy atom. The van der Waals surface area contributed by atoms with Gasteiger partial charge in [0, 0.05) is 17.5 Å². The van der Waals surface area contributed by atoms with Gasteiger partial charge in [-0.05, 0) is 31.4 Å². The van der Waals surface area contributed by atoms with Gasteiger partial charge in [-0.25, -0.2) is 0 Å². The number of nitrogens with zero attached hydrogens (tertiary/aromatic N) is 1. The van der Waals surface area contributed by atoms with E-state index in [1.807, 2.05) is 19.9 Å². The van der Waals surface area contributed by atoms with Crippen LogP contribution in [0.5, 0.6) is 0 Å². The summed E-state index contributed by atoms with van der Waals surface area (Å²) < 4.78 is 0. The van der Waals surface area contributed by atoms with Crippen molar-refractivity contribution < 1.29 is 9.72 Å². The Balaban J connectivity index is 3.54. The van der Waals surface area contributed by atoms with Crippen molar-refractivity contribution in [1.29, 1.82) is 0 Å². The maximum atomic E-state index is 11.0. The Kier molecular flexibility index (Phi) is 3.77. The average molecular weight is 221 g/mol. The molecule has 0 aliphatic heterocycles. The first-order chi connectivity index (χ1) is 7.52. The Labute approximate surface area is 94.4 Å². The fourth-order valence-corrected chi connectivity index (χ4v) is 1.98. The molecule has 0 aliphatic rings. The van der Waals surface area contributed by atoms with Crippen LogP contribution in [-0.4, -0.2) is 11.2 Å². The smallest absolute Gasteiger partial charge is 0.276 e. The van der Waals surface area contributed by atoms with E-state index in [-0.39, 0.29) is 17.0 Å². The molecule has 4 heteroatoms. The zero-order valence-corrected chi connectivity index (χ0v) is 9.74. The number of carbonyl (C=O) groups is 1. The van der Waals surface area contributed by atoms with Crippen molar-refractivity contribution in [3.05, 3.63) is 38.4 Å². The lowest BCUT2D eigenvalue weighted by Gasteiger charge is -2.10. The predicted octanol–water partition coefficient (Wildman–Crippen LogP) is 2.52. The molecule has 0 N–H and O–H groups in total. The van der Waals surface area contributed by atoms with E-state index in [1.165, 1.54) is 0 Å². The molecule has 0 saturated heterocycles. The lowest BCUT2D eigenvalue weighted by Crippen LogP contribution is -2.04. The van der Waals surface area contributed by atoms with Gasteiger partial charge in [0.15, 0.2) is 0 Å². The van der Waals surface area contributed by atoms with E-state index in [4.69, 9.17) is 0 Å². The van der Waals surface area contributed by atoms with E-state index in [2.05, 4.69) is 0 Å². The minimum atomic E-state index is -0.389. The Bertz CT molecular complexity index is 438. The highest BCUT2D eigenvalue weighted by Gasteiger charge is 2.21. The number of rotatable bonds is 4. The fourth-order valence-electron chi connectivity index (χ4n) is 1.98. The van der Waals surface area contributed by atoms with Gasteiger partial charge in [0.2, 0.25) is 0 Å². The van der Waals surface area contributed by atoms with Crippen LogP contribution in [0.2, 0.25) is 0 Å². The molecular formula is C12H15NO3. The van der Waals surface area contributed by atoms with Crippen molar-refractivity contribution in [2.24, 2.45) is 0 Å². The van der Waals surface area contributed by atoms with E-state index in [9.17, 15) is 14.9 Å². The summed E-state index contributed by atoms with van der Waals surface area (Å²) in [5, 5.41) is 11.0. The second-order valence-electron chi connectivity index (χ2n) is 3.79. The van der Waals surface area contributed by atoms with Gasteiger partial charge in [0.25, 0.3) is 5.69 Å². The molecule has 0 aromatic heterocycles. The van der Waals surface area contributed by atoms with E-state index >= 15 is 0 Å². The summed E-state index contributed by atoms with van der Waals surface area (Å²) in [6.45, 7) is 5.51. The molecule has 0 heterocycles. The van der Waals surface area contributed by atoms with Gasteiger partial charge >= 0.3 is 0 Å². The third-order valence-electron chi connectivity index (χ3n) is 2.84. The maximum absolute atomic E-state index is 11.0. The molecular weight excluding hydrogens is 206 g/mol. The third-order valence-corrected chi connectivity index (χ3v) is 2.84. The number of carbonyl (C=O) groups excluding carboxylic acids is 1. The van der Waals surface area contributed by atoms with Gasteiger partial charge in [-0.15, -0.1) is 0 Å². The first-order valence-electron chi connectivity index (χ1n) is 5.22. The summed E-state index contributed by atoms with van der Waals surface area (Å²) in [5.41, 5.74) is 3.11. The lowest BCUT2D eigenvalue weighted by atomic mass is 9.94. The van der Waals surface area contributed by atoms with Gasteiger partial charge < -0.3 is 4.79 Å². The van der Waals surface area contributed by atoms with Crippen LogP contribution in [0, 0.1) is 24.0 Å². The fraction of sp³-hybridized carbons (Fsp3) is 0.417. The number of hydrogen-bond donors (Lipinski definition) is 0. The van der Waals surface area contributed by atoms with Crippen molar-refractivity contribution in [3.8, 4) is 0 Å². The number of aldehydes is 1. The third kappa shape index (κ3) is 2.10. The molecule has 0 fully saturated rings. The quantitative estimate of drug-likeness (QED) is 0.446. The lowest BCUT2D eigenvalue weighted by molar-refractivity contribution is -0.386. The van der Waals surface area contributed by atoms with Crippen molar-refractivity contribution in [3.63, 3.8) is 0 Å². The first kappa shape index (κ1) is 12.4. The van der Waals surface area contributed by atoms with Crippen LogP contribution in [0.1, 0.15) is 29.2 Å². The van der Waals surface area contributed by atoms with Crippen molar-refractivity contribution in [1.82, 2.24) is 0 Å². The Morgan fingerprint density at radius 1 is 1.44 bits per heavy atom. The van der Waals surface area contributed by atoms with Crippen molar-refractivity contribution in [2.75, 3.05) is 0 Å². The van der Waals surface area contributed by atoms with E-state index in [0.29, 0.717) is 17.4 Å². The largest absolute Gasteiger partial charge is 0.303 e. The molecule has 0 atom stereocenters. The van der Waals surface area contributed by atoms with Crippen LogP contribution in [0.15, 0.2) is 6.07 Å². The summed E-state index contributed by atoms with van der Waals surface area (Å²) in [5.74, 6) is 0. The van der Waals surface area contributed by atoms with Crippen molar-refractivity contribution in [2.45, 2.75) is 33.6 Å². The van der Waals surface area contributed by atoms with Crippen LogP contribution in [0.4, 0.5) is 5.69 Å². The molecule has 16 heavy (non-hydrogen) atoms. The summed E-state index contributed by atoms with van der Waals surface area (Å²) in [6.07, 6.45) is 1.57. The molecule has 4 nitrogen and oxygen atoms in total. The standard InChI is InChI=1S/C12H15NO3/c1-4-10-7-8(2)11(5-6-14)12(9(10)3)13(15)16/h6-7H,4-5H2,1-3H3. The van der Waals surface area contributed by atoms with E-state index in [0.717, 1.165) is 17.5 Å². The maximum Gasteiger partial charge on any atom is 0.276 e. The van der Waals surface area contributed by atoms with Gasteiger partial charge in [-0.3, -0.25) is 10.1 Å². The molecule has 1 aromatic carbocycles. The Morgan fingerprint density at radius 2 is 2.06 bits per heavy atom. The molecule has 0 saturated carbocycles. The topological polar surface area (TPSA) is 60.2 Å². The molecule has 0 aliphatic carbocycles. The molecule has 0 unspecified atom stereocenters. The summed E-state index contributed by atoms with van der Waals surface area (Å²) in [4.78, 5) is 21.2. The normalized spacial score (nSPS) is 10.2. The highest BCUT2D eigenvalue weighted by molar-refractivity contribution is 5.64. The average Bonchev–Trinajstić information content (AvgIpc) is 2.22. The molecule has 1 rings (SSSR count). The summed E-state index contributed by atoms with van der Waals surface area (Å²) in [7, 11) is 0. The van der Waals surface area contributed by atoms with Crippen molar-refractivity contribution >= 4 is 12.0 Å². The number of nitro benzene ring substituents is 1. The second-order valence-corrected chi connectivity index (χ2v) is 3.79. The van der Waals surface area contributed by atoms with Crippen LogP contribution < -0.4 is 0 Å². The predicted molar refractivity (Wildman–Crippen MR) is 61.7 cm³/mol. The van der Waals surface area contributed by atoms with Crippen LogP contribution in [-0.2, 0) is 17.6 Å². The minimum Gasteiger partial charge on any atom is -0.303 e. The molecule has 0 bridgehead atoms. The first-order valence-corrected chi connectivity index (χ1v) is 5.22. The number of nitro groups is 1. The molecule has 86 valence electrons.